The number of Topliss-reactive ketones (excluding diaryl/α,β-unsaturated/α-hetero) is 1. The highest BCUT2D eigenvalue weighted by Crippen LogP contribution is 2.22. The molecular weight excluding hydrogens is 264 g/mol. The van der Waals surface area contributed by atoms with Crippen molar-refractivity contribution in [1.29, 1.82) is 0 Å². The van der Waals surface area contributed by atoms with E-state index < -0.39 is 0 Å². The first-order valence-electron chi connectivity index (χ1n) is 7.28. The summed E-state index contributed by atoms with van der Waals surface area (Å²) in [7, 11) is 1.90. The van der Waals surface area contributed by atoms with Gasteiger partial charge in [-0.2, -0.15) is 5.10 Å². The molecule has 1 aromatic heterocycles. The Labute approximate surface area is 125 Å². The summed E-state index contributed by atoms with van der Waals surface area (Å²) in [5.41, 5.74) is 3.60. The normalized spacial score (nSPS) is 10.7. The number of rotatable bonds is 6. The van der Waals surface area contributed by atoms with Gasteiger partial charge in [0.25, 0.3) is 0 Å². The Morgan fingerprint density at radius 3 is 2.62 bits per heavy atom. The fraction of sp³-hybridized carbons (Fsp3) is 0.412. The molecule has 0 radical (unpaired) electrons. The molecule has 0 fully saturated rings. The second-order valence-corrected chi connectivity index (χ2v) is 5.22. The van der Waals surface area contributed by atoms with Crippen molar-refractivity contribution < 1.29 is 9.53 Å². The fourth-order valence-corrected chi connectivity index (χ4v) is 2.36. The van der Waals surface area contributed by atoms with Crippen molar-refractivity contribution in [1.82, 2.24) is 9.78 Å². The van der Waals surface area contributed by atoms with E-state index in [1.165, 1.54) is 0 Å². The van der Waals surface area contributed by atoms with Gasteiger partial charge in [-0.1, -0.05) is 19.1 Å². The number of aryl methyl sites for hydroxylation is 2. The van der Waals surface area contributed by atoms with Gasteiger partial charge in [0.15, 0.2) is 5.78 Å². The van der Waals surface area contributed by atoms with Gasteiger partial charge in [-0.25, -0.2) is 0 Å². The van der Waals surface area contributed by atoms with Crippen LogP contribution >= 0.6 is 0 Å². The Morgan fingerprint density at radius 2 is 2.00 bits per heavy atom. The van der Waals surface area contributed by atoms with Gasteiger partial charge in [-0.05, 0) is 32.4 Å². The minimum absolute atomic E-state index is 0.0703. The Kier molecular flexibility index (Phi) is 4.78. The second kappa shape index (κ2) is 6.57. The van der Waals surface area contributed by atoms with Crippen LogP contribution < -0.4 is 4.74 Å². The Balaban J connectivity index is 2.24. The van der Waals surface area contributed by atoms with Gasteiger partial charge in [-0.3, -0.25) is 9.48 Å². The highest BCUT2D eigenvalue weighted by Gasteiger charge is 2.17. The summed E-state index contributed by atoms with van der Waals surface area (Å²) in [6.45, 7) is 6.60. The van der Waals surface area contributed by atoms with Gasteiger partial charge in [0.05, 0.1) is 17.9 Å². The zero-order valence-corrected chi connectivity index (χ0v) is 13.1. The molecule has 0 unspecified atom stereocenters. The first-order chi connectivity index (χ1) is 10.0. The third-order valence-electron chi connectivity index (χ3n) is 3.65. The Morgan fingerprint density at radius 1 is 1.29 bits per heavy atom. The molecule has 0 bridgehead atoms. The third-order valence-corrected chi connectivity index (χ3v) is 3.65. The number of hydrogen-bond donors (Lipinski definition) is 0. The van der Waals surface area contributed by atoms with Gasteiger partial charge in [-0.15, -0.1) is 0 Å². The molecule has 1 heterocycles. The summed E-state index contributed by atoms with van der Waals surface area (Å²) in [4.78, 5) is 12.6. The smallest absolute Gasteiger partial charge is 0.171 e. The van der Waals surface area contributed by atoms with Gasteiger partial charge >= 0.3 is 0 Å². The lowest BCUT2D eigenvalue weighted by Crippen LogP contribution is -2.08. The maximum Gasteiger partial charge on any atom is 0.171 e. The molecule has 1 aromatic carbocycles. The minimum atomic E-state index is 0.0703. The maximum absolute atomic E-state index is 12.6. The second-order valence-electron chi connectivity index (χ2n) is 5.22. The number of benzene rings is 1. The standard InChI is InChI=1S/C17H22N2O2/c1-5-10-21-17-9-7-6-8-14(17)16(20)11-15-12(2)18-19(4)13(15)3/h6-9H,5,10-11H2,1-4H3. The molecule has 0 aliphatic carbocycles. The van der Waals surface area contributed by atoms with Crippen molar-refractivity contribution in [3.05, 3.63) is 46.8 Å². The third kappa shape index (κ3) is 3.32. The summed E-state index contributed by atoms with van der Waals surface area (Å²) in [6, 6.07) is 7.44. The van der Waals surface area contributed by atoms with E-state index in [0.29, 0.717) is 24.3 Å². The summed E-state index contributed by atoms with van der Waals surface area (Å²) in [6.07, 6.45) is 1.28. The van der Waals surface area contributed by atoms with E-state index in [0.717, 1.165) is 23.4 Å². The van der Waals surface area contributed by atoms with Gasteiger partial charge in [0.2, 0.25) is 0 Å². The number of hydrogen-bond acceptors (Lipinski definition) is 3. The van der Waals surface area contributed by atoms with Crippen LogP contribution in [0.2, 0.25) is 0 Å². The topological polar surface area (TPSA) is 44.1 Å². The summed E-state index contributed by atoms with van der Waals surface area (Å²) < 4.78 is 7.49. The molecule has 0 aliphatic rings. The van der Waals surface area contributed by atoms with E-state index in [1.54, 1.807) is 0 Å². The molecule has 2 rings (SSSR count). The molecule has 0 aliphatic heterocycles. The molecule has 0 amide bonds. The van der Waals surface area contributed by atoms with E-state index in [4.69, 9.17) is 4.74 Å². The van der Waals surface area contributed by atoms with Gasteiger partial charge in [0, 0.05) is 24.7 Å². The van der Waals surface area contributed by atoms with Crippen molar-refractivity contribution in [2.24, 2.45) is 7.05 Å². The summed E-state index contributed by atoms with van der Waals surface area (Å²) >= 11 is 0. The van der Waals surface area contributed by atoms with E-state index in [9.17, 15) is 4.79 Å². The first-order valence-corrected chi connectivity index (χ1v) is 7.28. The molecule has 0 spiro atoms. The van der Waals surface area contributed by atoms with Gasteiger partial charge in [0.1, 0.15) is 5.75 Å². The molecule has 0 N–H and O–H groups in total. The van der Waals surface area contributed by atoms with Crippen LogP contribution in [0.4, 0.5) is 0 Å². The first kappa shape index (κ1) is 15.3. The van der Waals surface area contributed by atoms with Crippen molar-refractivity contribution in [2.75, 3.05) is 6.61 Å². The zero-order chi connectivity index (χ0) is 15.4. The number of ether oxygens (including phenoxy) is 1. The van der Waals surface area contributed by atoms with Crippen LogP contribution in [-0.2, 0) is 13.5 Å². The molecule has 0 saturated carbocycles. The number of ketones is 1. The number of carbonyl (C=O) groups is 1. The van der Waals surface area contributed by atoms with E-state index in [-0.39, 0.29) is 5.78 Å². The van der Waals surface area contributed by atoms with Crippen molar-refractivity contribution in [2.45, 2.75) is 33.6 Å². The lowest BCUT2D eigenvalue weighted by molar-refractivity contribution is 0.0988. The van der Waals surface area contributed by atoms with Crippen LogP contribution in [-0.4, -0.2) is 22.2 Å². The number of aromatic nitrogens is 2. The van der Waals surface area contributed by atoms with Crippen molar-refractivity contribution in [3.63, 3.8) is 0 Å². The quantitative estimate of drug-likeness (QED) is 0.766. The molecular formula is C17H22N2O2. The van der Waals surface area contributed by atoms with Crippen LogP contribution in [0, 0.1) is 13.8 Å². The number of carbonyl (C=O) groups excluding carboxylic acids is 1. The van der Waals surface area contributed by atoms with E-state index in [2.05, 4.69) is 5.10 Å². The highest BCUT2D eigenvalue weighted by atomic mass is 16.5. The zero-order valence-electron chi connectivity index (χ0n) is 13.1. The Hall–Kier alpha value is -2.10. The van der Waals surface area contributed by atoms with Crippen LogP contribution in [0.25, 0.3) is 0 Å². The number of nitrogens with zero attached hydrogens (tertiary/aromatic N) is 2. The van der Waals surface area contributed by atoms with E-state index in [1.807, 2.05) is 56.8 Å². The van der Waals surface area contributed by atoms with Crippen molar-refractivity contribution >= 4 is 5.78 Å². The Bertz CT molecular complexity index is 644. The average Bonchev–Trinajstić information content (AvgIpc) is 2.72. The predicted octanol–water partition coefficient (Wildman–Crippen LogP) is 3.25. The fourth-order valence-electron chi connectivity index (χ4n) is 2.36. The number of para-hydroxylation sites is 1. The molecule has 4 heteroatoms. The SMILES string of the molecule is CCCOc1ccccc1C(=O)Cc1c(C)nn(C)c1C. The average molecular weight is 286 g/mol. The van der Waals surface area contributed by atoms with Crippen LogP contribution in [0.5, 0.6) is 5.75 Å². The summed E-state index contributed by atoms with van der Waals surface area (Å²) in [5.74, 6) is 0.740. The molecule has 0 atom stereocenters. The van der Waals surface area contributed by atoms with Gasteiger partial charge < -0.3 is 4.74 Å². The molecule has 21 heavy (non-hydrogen) atoms. The van der Waals surface area contributed by atoms with Crippen molar-refractivity contribution in [3.8, 4) is 5.75 Å². The largest absolute Gasteiger partial charge is 0.493 e. The van der Waals surface area contributed by atoms with Crippen LogP contribution in [0.1, 0.15) is 40.7 Å². The molecule has 112 valence electrons. The molecule has 0 saturated heterocycles. The minimum Gasteiger partial charge on any atom is -0.493 e. The van der Waals surface area contributed by atoms with Crippen LogP contribution in [0.15, 0.2) is 24.3 Å². The predicted molar refractivity (Wildman–Crippen MR) is 82.9 cm³/mol. The lowest BCUT2D eigenvalue weighted by Gasteiger charge is -2.10. The maximum atomic E-state index is 12.6. The molecule has 2 aromatic rings. The monoisotopic (exact) mass is 286 g/mol. The van der Waals surface area contributed by atoms with E-state index >= 15 is 0 Å². The van der Waals surface area contributed by atoms with Crippen LogP contribution in [0.3, 0.4) is 0 Å². The lowest BCUT2D eigenvalue weighted by atomic mass is 10.0. The highest BCUT2D eigenvalue weighted by molar-refractivity contribution is 6.00. The summed E-state index contributed by atoms with van der Waals surface area (Å²) in [5, 5.41) is 4.36. The molecule has 4 nitrogen and oxygen atoms in total.